The summed E-state index contributed by atoms with van der Waals surface area (Å²) in [5, 5.41) is 0. The van der Waals surface area contributed by atoms with Crippen LogP contribution in [0.4, 0.5) is 17.1 Å². The second kappa shape index (κ2) is 15.7. The SMILES string of the molecule is Cc1ccc(N(c2ccc(C=C(c3ccc(OCc4ccco4)cc3)c3ccc(OCc4ccco4)cc3)cc2)c2ccc3c(c2)C(C)(C)C2CCCCC32)cc1. The molecule has 0 aliphatic heterocycles. The summed E-state index contributed by atoms with van der Waals surface area (Å²) in [6.07, 6.45) is 10.9. The zero-order valence-electron chi connectivity index (χ0n) is 33.0. The van der Waals surface area contributed by atoms with Gasteiger partial charge in [0.25, 0.3) is 0 Å². The quantitative estimate of drug-likeness (QED) is 0.116. The van der Waals surface area contributed by atoms with Crippen LogP contribution in [0.1, 0.15) is 90.3 Å². The number of anilines is 3. The van der Waals surface area contributed by atoms with Gasteiger partial charge in [0.2, 0.25) is 0 Å². The van der Waals surface area contributed by atoms with Crippen molar-refractivity contribution < 1.29 is 18.3 Å². The Labute approximate surface area is 336 Å². The molecule has 0 N–H and O–H groups in total. The van der Waals surface area contributed by atoms with E-state index in [1.165, 1.54) is 42.5 Å². The van der Waals surface area contributed by atoms with Gasteiger partial charge >= 0.3 is 0 Å². The average molecular weight is 752 g/mol. The molecular formula is C52H49NO4. The van der Waals surface area contributed by atoms with E-state index in [0.29, 0.717) is 19.1 Å². The largest absolute Gasteiger partial charge is 0.486 e. The van der Waals surface area contributed by atoms with E-state index in [9.17, 15) is 0 Å². The molecule has 2 aliphatic carbocycles. The summed E-state index contributed by atoms with van der Waals surface area (Å²) in [6, 6.07) is 49.2. The fourth-order valence-corrected chi connectivity index (χ4v) is 9.05. The number of hydrogen-bond acceptors (Lipinski definition) is 5. The van der Waals surface area contributed by atoms with Crippen LogP contribution in [0.15, 0.2) is 161 Å². The molecule has 0 spiro atoms. The molecule has 1 saturated carbocycles. The maximum absolute atomic E-state index is 6.02. The van der Waals surface area contributed by atoms with E-state index < -0.39 is 0 Å². The van der Waals surface area contributed by atoms with Gasteiger partial charge in [0.1, 0.15) is 36.2 Å². The van der Waals surface area contributed by atoms with Gasteiger partial charge in [-0.25, -0.2) is 0 Å². The number of ether oxygens (including phenoxy) is 2. The van der Waals surface area contributed by atoms with Crippen LogP contribution in [0.25, 0.3) is 11.6 Å². The molecule has 5 nitrogen and oxygen atoms in total. The van der Waals surface area contributed by atoms with Crippen molar-refractivity contribution in [3.05, 3.63) is 197 Å². The lowest BCUT2D eigenvalue weighted by molar-refractivity contribution is 0.233. The van der Waals surface area contributed by atoms with E-state index in [4.69, 9.17) is 18.3 Å². The standard InChI is InChI=1S/C52H49NO4/c1-36-12-20-40(21-13-36)53(42-24-29-48-47-10-4-5-11-50(47)52(2,3)51(48)33-42)41-22-14-37(15-23-41)32-49(38-16-25-43(26-17-38)56-34-45-8-6-30-54-45)39-18-27-44(28-19-39)57-35-46-9-7-31-55-46/h6-9,12-33,47,50H,4-5,10-11,34-35H2,1-3H3. The fraction of sp³-hybridized carbons (Fsp3) is 0.231. The monoisotopic (exact) mass is 751 g/mol. The minimum absolute atomic E-state index is 0.161. The van der Waals surface area contributed by atoms with Crippen molar-refractivity contribution in [1.82, 2.24) is 0 Å². The van der Waals surface area contributed by atoms with Gasteiger partial charge < -0.3 is 23.2 Å². The smallest absolute Gasteiger partial charge is 0.146 e. The van der Waals surface area contributed by atoms with Crippen LogP contribution in [0.2, 0.25) is 0 Å². The number of nitrogens with zero attached hydrogens (tertiary/aromatic N) is 1. The van der Waals surface area contributed by atoms with Gasteiger partial charge in [0, 0.05) is 17.1 Å². The molecule has 2 aliphatic rings. The third-order valence-corrected chi connectivity index (χ3v) is 12.1. The average Bonchev–Trinajstić information content (AvgIpc) is 4.02. The third kappa shape index (κ3) is 7.67. The Morgan fingerprint density at radius 3 is 1.75 bits per heavy atom. The topological polar surface area (TPSA) is 48.0 Å². The molecule has 5 heteroatoms. The zero-order valence-corrected chi connectivity index (χ0v) is 33.0. The molecule has 0 amide bonds. The molecule has 0 radical (unpaired) electrons. The van der Waals surface area contributed by atoms with Crippen molar-refractivity contribution in [3.63, 3.8) is 0 Å². The highest BCUT2D eigenvalue weighted by Crippen LogP contribution is 2.57. The van der Waals surface area contributed by atoms with Crippen molar-refractivity contribution in [2.45, 2.75) is 71.0 Å². The summed E-state index contributed by atoms with van der Waals surface area (Å²) in [5.74, 6) is 4.55. The Balaban J connectivity index is 1.04. The van der Waals surface area contributed by atoms with Crippen molar-refractivity contribution >= 4 is 28.7 Å². The van der Waals surface area contributed by atoms with Crippen LogP contribution in [-0.4, -0.2) is 0 Å². The van der Waals surface area contributed by atoms with Gasteiger partial charge in [-0.1, -0.05) is 86.8 Å². The molecule has 57 heavy (non-hydrogen) atoms. The van der Waals surface area contributed by atoms with E-state index in [2.05, 4.69) is 123 Å². The maximum Gasteiger partial charge on any atom is 0.146 e. The lowest BCUT2D eigenvalue weighted by Gasteiger charge is -2.35. The van der Waals surface area contributed by atoms with E-state index >= 15 is 0 Å². The van der Waals surface area contributed by atoms with Gasteiger partial charge in [-0.15, -0.1) is 0 Å². The Bertz CT molecular complexity index is 2340. The second-order valence-corrected chi connectivity index (χ2v) is 16.1. The van der Waals surface area contributed by atoms with Gasteiger partial charge in [0.15, 0.2) is 0 Å². The predicted molar refractivity (Wildman–Crippen MR) is 230 cm³/mol. The van der Waals surface area contributed by atoms with E-state index in [1.807, 2.05) is 48.5 Å². The summed E-state index contributed by atoms with van der Waals surface area (Å²) < 4.78 is 22.9. The van der Waals surface area contributed by atoms with Crippen LogP contribution < -0.4 is 14.4 Å². The summed E-state index contributed by atoms with van der Waals surface area (Å²) in [4.78, 5) is 2.41. The van der Waals surface area contributed by atoms with E-state index in [0.717, 1.165) is 62.6 Å². The number of rotatable bonds is 12. The van der Waals surface area contributed by atoms with Gasteiger partial charge in [-0.05, 0) is 161 Å². The van der Waals surface area contributed by atoms with Crippen molar-refractivity contribution in [3.8, 4) is 11.5 Å². The van der Waals surface area contributed by atoms with Crippen LogP contribution in [0.5, 0.6) is 11.5 Å². The number of benzene rings is 5. The Morgan fingerprint density at radius 2 is 1.19 bits per heavy atom. The zero-order chi connectivity index (χ0) is 38.8. The molecular weight excluding hydrogens is 703 g/mol. The molecule has 1 fully saturated rings. The first-order valence-electron chi connectivity index (χ1n) is 20.2. The molecule has 2 aromatic heterocycles. The number of furan rings is 2. The number of hydrogen-bond donors (Lipinski definition) is 0. The molecule has 286 valence electrons. The highest BCUT2D eigenvalue weighted by molar-refractivity contribution is 5.92. The van der Waals surface area contributed by atoms with E-state index in [-0.39, 0.29) is 5.41 Å². The lowest BCUT2D eigenvalue weighted by Crippen LogP contribution is -2.28. The Hall–Kier alpha value is -6.20. The van der Waals surface area contributed by atoms with Crippen LogP contribution in [0.3, 0.4) is 0 Å². The van der Waals surface area contributed by atoms with Gasteiger partial charge in [-0.2, -0.15) is 0 Å². The predicted octanol–water partition coefficient (Wildman–Crippen LogP) is 14.0. The highest BCUT2D eigenvalue weighted by atomic mass is 16.5. The Kier molecular flexibility index (Phi) is 10.1. The lowest BCUT2D eigenvalue weighted by atomic mass is 9.70. The van der Waals surface area contributed by atoms with Crippen LogP contribution in [-0.2, 0) is 18.6 Å². The summed E-state index contributed by atoms with van der Waals surface area (Å²) >= 11 is 0. The first kappa shape index (κ1) is 36.4. The first-order chi connectivity index (χ1) is 27.9. The normalized spacial score (nSPS) is 16.7. The summed E-state index contributed by atoms with van der Waals surface area (Å²) in [5.41, 5.74) is 12.3. The van der Waals surface area contributed by atoms with Crippen LogP contribution >= 0.6 is 0 Å². The summed E-state index contributed by atoms with van der Waals surface area (Å²) in [6.45, 7) is 7.86. The Morgan fingerprint density at radius 1 is 0.649 bits per heavy atom. The number of aryl methyl sites for hydroxylation is 1. The molecule has 5 aromatic carbocycles. The van der Waals surface area contributed by atoms with Crippen molar-refractivity contribution in [2.24, 2.45) is 5.92 Å². The minimum atomic E-state index is 0.161. The van der Waals surface area contributed by atoms with Gasteiger partial charge in [-0.3, -0.25) is 0 Å². The third-order valence-electron chi connectivity index (χ3n) is 12.1. The minimum Gasteiger partial charge on any atom is -0.486 e. The first-order valence-corrected chi connectivity index (χ1v) is 20.2. The highest BCUT2D eigenvalue weighted by Gasteiger charge is 2.46. The molecule has 7 aromatic rings. The molecule has 9 rings (SSSR count). The molecule has 2 atom stereocenters. The molecule has 2 heterocycles. The summed E-state index contributed by atoms with van der Waals surface area (Å²) in [7, 11) is 0. The molecule has 0 bridgehead atoms. The molecule has 0 saturated heterocycles. The molecule has 2 unspecified atom stereocenters. The second-order valence-electron chi connectivity index (χ2n) is 16.1. The van der Waals surface area contributed by atoms with Crippen molar-refractivity contribution in [1.29, 1.82) is 0 Å². The van der Waals surface area contributed by atoms with Gasteiger partial charge in [0.05, 0.1) is 12.5 Å². The van der Waals surface area contributed by atoms with Crippen molar-refractivity contribution in [2.75, 3.05) is 4.90 Å². The number of fused-ring (bicyclic) bond motifs is 3. The fourth-order valence-electron chi connectivity index (χ4n) is 9.05. The van der Waals surface area contributed by atoms with E-state index in [1.54, 1.807) is 18.1 Å². The maximum atomic E-state index is 6.02. The van der Waals surface area contributed by atoms with Crippen LogP contribution in [0, 0.1) is 12.8 Å².